The predicted molar refractivity (Wildman–Crippen MR) is 114 cm³/mol. The molecule has 0 bridgehead atoms. The third-order valence-corrected chi connectivity index (χ3v) is 8.14. The van der Waals surface area contributed by atoms with Crippen molar-refractivity contribution in [2.75, 3.05) is 25.0 Å². The molecular weight excluding hydrogens is 426 g/mol. The molecule has 10 heteroatoms. The van der Waals surface area contributed by atoms with Crippen LogP contribution in [0.2, 0.25) is 0 Å². The van der Waals surface area contributed by atoms with E-state index in [-0.39, 0.29) is 22.8 Å². The molecule has 1 aliphatic heterocycles. The van der Waals surface area contributed by atoms with Crippen molar-refractivity contribution in [2.24, 2.45) is 0 Å². The van der Waals surface area contributed by atoms with Crippen LogP contribution in [-0.4, -0.2) is 46.7 Å². The molecule has 2 aromatic carbocycles. The Morgan fingerprint density at radius 2 is 1.53 bits per heavy atom. The van der Waals surface area contributed by atoms with Crippen molar-refractivity contribution >= 4 is 31.6 Å². The van der Waals surface area contributed by atoms with Gasteiger partial charge in [-0.2, -0.15) is 4.31 Å². The van der Waals surface area contributed by atoms with Crippen LogP contribution >= 0.6 is 0 Å². The van der Waals surface area contributed by atoms with Crippen molar-refractivity contribution in [2.45, 2.75) is 35.5 Å². The van der Waals surface area contributed by atoms with Crippen LogP contribution in [0.15, 0.2) is 64.4 Å². The second-order valence-corrected chi connectivity index (χ2v) is 10.7. The van der Waals surface area contributed by atoms with E-state index in [2.05, 4.69) is 10.0 Å². The quantitative estimate of drug-likeness (QED) is 0.639. The van der Waals surface area contributed by atoms with Crippen molar-refractivity contribution in [3.05, 3.63) is 54.6 Å². The molecule has 1 fully saturated rings. The highest BCUT2D eigenvalue weighted by atomic mass is 32.2. The lowest BCUT2D eigenvalue weighted by atomic mass is 10.2. The molecule has 1 aliphatic rings. The fourth-order valence-electron chi connectivity index (χ4n) is 3.19. The number of nitrogens with zero attached hydrogens (tertiary/aromatic N) is 1. The number of nitrogens with one attached hydrogen (secondary N) is 2. The van der Waals surface area contributed by atoms with Crippen molar-refractivity contribution in [3.63, 3.8) is 0 Å². The molecule has 1 saturated heterocycles. The van der Waals surface area contributed by atoms with Crippen LogP contribution in [0, 0.1) is 0 Å². The van der Waals surface area contributed by atoms with Gasteiger partial charge >= 0.3 is 0 Å². The Balaban J connectivity index is 1.57. The molecule has 162 valence electrons. The number of piperidine rings is 1. The monoisotopic (exact) mass is 451 g/mol. The smallest absolute Gasteiger partial charge is 0.243 e. The van der Waals surface area contributed by atoms with Gasteiger partial charge in [0.2, 0.25) is 26.0 Å². The zero-order chi connectivity index (χ0) is 21.6. The van der Waals surface area contributed by atoms with Crippen LogP contribution in [0.5, 0.6) is 0 Å². The van der Waals surface area contributed by atoms with Gasteiger partial charge in [-0.05, 0) is 43.2 Å². The van der Waals surface area contributed by atoms with E-state index in [1.807, 2.05) is 0 Å². The standard InChI is InChI=1S/C20H25N3O5S2/c24-20(12-13-21-29(25,26)18-9-3-1-4-10-18)22-17-8-7-11-19(16-17)30(27,28)23-14-5-2-6-15-23/h1,3-4,7-11,16,21H,2,5-6,12-15H2,(H,22,24). The molecule has 2 aromatic rings. The lowest BCUT2D eigenvalue weighted by Gasteiger charge is -2.26. The summed E-state index contributed by atoms with van der Waals surface area (Å²) in [6, 6.07) is 14.0. The van der Waals surface area contributed by atoms with E-state index in [1.165, 1.54) is 28.6 Å². The molecule has 30 heavy (non-hydrogen) atoms. The molecule has 8 nitrogen and oxygen atoms in total. The molecule has 1 amide bonds. The normalized spacial score (nSPS) is 15.6. The van der Waals surface area contributed by atoms with Gasteiger partial charge in [-0.3, -0.25) is 4.79 Å². The minimum Gasteiger partial charge on any atom is -0.326 e. The maximum atomic E-state index is 12.8. The highest BCUT2D eigenvalue weighted by Gasteiger charge is 2.26. The van der Waals surface area contributed by atoms with E-state index in [0.29, 0.717) is 18.8 Å². The van der Waals surface area contributed by atoms with E-state index in [1.54, 1.807) is 30.3 Å². The SMILES string of the molecule is O=C(CCNS(=O)(=O)c1ccccc1)Nc1cccc(S(=O)(=O)N2CCCCC2)c1. The van der Waals surface area contributed by atoms with Gasteiger partial charge in [0.05, 0.1) is 9.79 Å². The third kappa shape index (κ3) is 5.66. The summed E-state index contributed by atoms with van der Waals surface area (Å²) in [6.45, 7) is 0.926. The number of rotatable bonds is 8. The van der Waals surface area contributed by atoms with Gasteiger partial charge in [0, 0.05) is 31.7 Å². The molecule has 0 spiro atoms. The first-order valence-electron chi connectivity index (χ1n) is 9.74. The van der Waals surface area contributed by atoms with Crippen LogP contribution in [-0.2, 0) is 24.8 Å². The van der Waals surface area contributed by atoms with Crippen molar-refractivity contribution in [3.8, 4) is 0 Å². The van der Waals surface area contributed by atoms with Crippen molar-refractivity contribution in [1.29, 1.82) is 0 Å². The second kappa shape index (κ2) is 9.69. The molecule has 1 heterocycles. The Kier molecular flexibility index (Phi) is 7.24. The van der Waals surface area contributed by atoms with E-state index in [4.69, 9.17) is 0 Å². The fraction of sp³-hybridized carbons (Fsp3) is 0.350. The topological polar surface area (TPSA) is 113 Å². The zero-order valence-corrected chi connectivity index (χ0v) is 18.1. The highest BCUT2D eigenvalue weighted by molar-refractivity contribution is 7.89. The molecule has 0 saturated carbocycles. The number of hydrogen-bond acceptors (Lipinski definition) is 5. The molecule has 2 N–H and O–H groups in total. The van der Waals surface area contributed by atoms with Crippen LogP contribution in [0.25, 0.3) is 0 Å². The Morgan fingerprint density at radius 1 is 0.867 bits per heavy atom. The number of sulfonamides is 2. The first kappa shape index (κ1) is 22.4. The second-order valence-electron chi connectivity index (χ2n) is 7.00. The van der Waals surface area contributed by atoms with Crippen molar-refractivity contribution in [1.82, 2.24) is 9.03 Å². The summed E-state index contributed by atoms with van der Waals surface area (Å²) in [5.74, 6) is -0.418. The molecular formula is C20H25N3O5S2. The fourth-order valence-corrected chi connectivity index (χ4v) is 5.81. The number of hydrogen-bond donors (Lipinski definition) is 2. The summed E-state index contributed by atoms with van der Waals surface area (Å²) in [4.78, 5) is 12.4. The molecule has 0 aromatic heterocycles. The van der Waals surface area contributed by atoms with Gasteiger partial charge in [0.1, 0.15) is 0 Å². The molecule has 3 rings (SSSR count). The van der Waals surface area contributed by atoms with Gasteiger partial charge in [-0.15, -0.1) is 0 Å². The Labute approximate surface area is 177 Å². The first-order valence-corrected chi connectivity index (χ1v) is 12.7. The number of carbonyl (C=O) groups is 1. The maximum absolute atomic E-state index is 12.8. The summed E-state index contributed by atoms with van der Waals surface area (Å²) in [7, 11) is -7.28. The Hall–Kier alpha value is -2.27. The molecule has 0 unspecified atom stereocenters. The average molecular weight is 452 g/mol. The summed E-state index contributed by atoms with van der Waals surface area (Å²) >= 11 is 0. The lowest BCUT2D eigenvalue weighted by molar-refractivity contribution is -0.116. The largest absolute Gasteiger partial charge is 0.326 e. The van der Waals surface area contributed by atoms with Gasteiger partial charge < -0.3 is 5.32 Å². The van der Waals surface area contributed by atoms with E-state index in [0.717, 1.165) is 19.3 Å². The maximum Gasteiger partial charge on any atom is 0.243 e. The summed E-state index contributed by atoms with van der Waals surface area (Å²) in [6.07, 6.45) is 2.62. The molecule has 0 atom stereocenters. The van der Waals surface area contributed by atoms with E-state index in [9.17, 15) is 21.6 Å². The Morgan fingerprint density at radius 3 is 2.23 bits per heavy atom. The van der Waals surface area contributed by atoms with Crippen LogP contribution < -0.4 is 10.0 Å². The van der Waals surface area contributed by atoms with Crippen LogP contribution in [0.1, 0.15) is 25.7 Å². The number of carbonyl (C=O) groups excluding carboxylic acids is 1. The Bertz CT molecular complexity index is 1080. The van der Waals surface area contributed by atoms with Gasteiger partial charge in [0.25, 0.3) is 0 Å². The highest BCUT2D eigenvalue weighted by Crippen LogP contribution is 2.23. The average Bonchev–Trinajstić information content (AvgIpc) is 2.75. The molecule has 0 aliphatic carbocycles. The van der Waals surface area contributed by atoms with Crippen LogP contribution in [0.4, 0.5) is 5.69 Å². The molecule has 0 radical (unpaired) electrons. The van der Waals surface area contributed by atoms with Gasteiger partial charge in [-0.25, -0.2) is 21.6 Å². The van der Waals surface area contributed by atoms with E-state index < -0.39 is 26.0 Å². The minimum absolute atomic E-state index is 0.0746. The number of anilines is 1. The zero-order valence-electron chi connectivity index (χ0n) is 16.5. The first-order chi connectivity index (χ1) is 14.3. The van der Waals surface area contributed by atoms with Gasteiger partial charge in [-0.1, -0.05) is 30.7 Å². The predicted octanol–water partition coefficient (Wildman–Crippen LogP) is 2.17. The van der Waals surface area contributed by atoms with E-state index >= 15 is 0 Å². The van der Waals surface area contributed by atoms with Crippen molar-refractivity contribution < 1.29 is 21.6 Å². The number of benzene rings is 2. The minimum atomic E-state index is -3.68. The number of amides is 1. The summed E-state index contributed by atoms with van der Waals surface area (Å²) in [5, 5.41) is 2.63. The lowest BCUT2D eigenvalue weighted by Crippen LogP contribution is -2.35. The van der Waals surface area contributed by atoms with Gasteiger partial charge in [0.15, 0.2) is 0 Å². The third-order valence-electron chi connectivity index (χ3n) is 4.77. The summed E-state index contributed by atoms with van der Waals surface area (Å²) < 4.78 is 53.7. The summed E-state index contributed by atoms with van der Waals surface area (Å²) in [5.41, 5.74) is 0.351. The van der Waals surface area contributed by atoms with Crippen LogP contribution in [0.3, 0.4) is 0 Å².